The largest absolute Gasteiger partial charge is 0.358 e. The van der Waals surface area contributed by atoms with Crippen molar-refractivity contribution in [2.24, 2.45) is 0 Å². The standard InChI is InChI=1S/C13H14N2O/c16-13-9-4-1-2-5-11(9)15-12-6-3-7-14-8-10(12)13/h1-2,4-5,14H,3,6-8H2,(H,15,16). The van der Waals surface area contributed by atoms with Crippen LogP contribution in [0.15, 0.2) is 29.1 Å². The van der Waals surface area contributed by atoms with Crippen LogP contribution < -0.4 is 10.7 Å². The Morgan fingerprint density at radius 1 is 1.19 bits per heavy atom. The van der Waals surface area contributed by atoms with Gasteiger partial charge in [-0.15, -0.1) is 0 Å². The van der Waals surface area contributed by atoms with E-state index >= 15 is 0 Å². The number of hydrogen-bond acceptors (Lipinski definition) is 2. The summed E-state index contributed by atoms with van der Waals surface area (Å²) in [4.78, 5) is 15.7. The lowest BCUT2D eigenvalue weighted by Crippen LogP contribution is -2.19. The maximum atomic E-state index is 12.3. The van der Waals surface area contributed by atoms with Crippen molar-refractivity contribution in [2.75, 3.05) is 6.54 Å². The Labute approximate surface area is 93.5 Å². The predicted molar refractivity (Wildman–Crippen MR) is 64.6 cm³/mol. The van der Waals surface area contributed by atoms with Crippen LogP contribution in [0.25, 0.3) is 10.9 Å². The van der Waals surface area contributed by atoms with Gasteiger partial charge in [0.25, 0.3) is 0 Å². The van der Waals surface area contributed by atoms with Crippen molar-refractivity contribution < 1.29 is 0 Å². The molecule has 3 heteroatoms. The molecular weight excluding hydrogens is 200 g/mol. The fourth-order valence-electron chi connectivity index (χ4n) is 2.33. The molecule has 2 aromatic rings. The molecule has 0 bridgehead atoms. The molecule has 82 valence electrons. The summed E-state index contributed by atoms with van der Waals surface area (Å²) in [6.07, 6.45) is 2.05. The number of para-hydroxylation sites is 1. The Morgan fingerprint density at radius 2 is 2.06 bits per heavy atom. The van der Waals surface area contributed by atoms with Gasteiger partial charge in [-0.2, -0.15) is 0 Å². The number of rotatable bonds is 0. The quantitative estimate of drug-likeness (QED) is 0.699. The van der Waals surface area contributed by atoms with Crippen molar-refractivity contribution in [1.82, 2.24) is 10.3 Å². The van der Waals surface area contributed by atoms with Crippen molar-refractivity contribution in [3.8, 4) is 0 Å². The van der Waals surface area contributed by atoms with Crippen molar-refractivity contribution in [3.05, 3.63) is 45.7 Å². The zero-order valence-electron chi connectivity index (χ0n) is 9.05. The normalized spacial score (nSPS) is 15.8. The molecule has 0 amide bonds. The van der Waals surface area contributed by atoms with Gasteiger partial charge >= 0.3 is 0 Å². The molecule has 1 aromatic carbocycles. The molecule has 1 aliphatic heterocycles. The van der Waals surface area contributed by atoms with E-state index in [1.165, 1.54) is 0 Å². The van der Waals surface area contributed by atoms with Crippen LogP contribution in [0, 0.1) is 0 Å². The van der Waals surface area contributed by atoms with E-state index in [1.807, 2.05) is 24.3 Å². The second-order valence-electron chi connectivity index (χ2n) is 4.24. The first-order chi connectivity index (χ1) is 7.86. The summed E-state index contributed by atoms with van der Waals surface area (Å²) >= 11 is 0. The van der Waals surface area contributed by atoms with E-state index in [0.29, 0.717) is 6.54 Å². The predicted octanol–water partition coefficient (Wildman–Crippen LogP) is 1.56. The Hall–Kier alpha value is -1.61. The summed E-state index contributed by atoms with van der Waals surface area (Å²) in [6.45, 7) is 1.67. The minimum Gasteiger partial charge on any atom is -0.358 e. The second kappa shape index (κ2) is 3.76. The van der Waals surface area contributed by atoms with Crippen LogP contribution in [0.3, 0.4) is 0 Å². The first-order valence-electron chi connectivity index (χ1n) is 5.70. The first-order valence-corrected chi connectivity index (χ1v) is 5.70. The maximum absolute atomic E-state index is 12.3. The lowest BCUT2D eigenvalue weighted by atomic mass is 10.1. The first kappa shape index (κ1) is 9.60. The average molecular weight is 214 g/mol. The highest BCUT2D eigenvalue weighted by molar-refractivity contribution is 5.79. The molecular formula is C13H14N2O. The van der Waals surface area contributed by atoms with Crippen molar-refractivity contribution in [2.45, 2.75) is 19.4 Å². The van der Waals surface area contributed by atoms with E-state index in [0.717, 1.165) is 41.5 Å². The Morgan fingerprint density at radius 3 is 3.00 bits per heavy atom. The van der Waals surface area contributed by atoms with Gasteiger partial charge in [-0.1, -0.05) is 12.1 Å². The fraction of sp³-hybridized carbons (Fsp3) is 0.308. The molecule has 0 radical (unpaired) electrons. The maximum Gasteiger partial charge on any atom is 0.194 e. The fourth-order valence-corrected chi connectivity index (χ4v) is 2.33. The van der Waals surface area contributed by atoms with Gasteiger partial charge in [-0.25, -0.2) is 0 Å². The molecule has 1 aromatic heterocycles. The zero-order chi connectivity index (χ0) is 11.0. The highest BCUT2D eigenvalue weighted by atomic mass is 16.1. The van der Waals surface area contributed by atoms with Crippen molar-refractivity contribution >= 4 is 10.9 Å². The molecule has 0 fully saturated rings. The molecule has 16 heavy (non-hydrogen) atoms. The summed E-state index contributed by atoms with van der Waals surface area (Å²) < 4.78 is 0. The summed E-state index contributed by atoms with van der Waals surface area (Å²) in [5.41, 5.74) is 3.15. The minimum atomic E-state index is 0.179. The number of aryl methyl sites for hydroxylation is 1. The molecule has 0 saturated heterocycles. The van der Waals surface area contributed by atoms with Crippen molar-refractivity contribution in [3.63, 3.8) is 0 Å². The molecule has 0 unspecified atom stereocenters. The number of aromatic amines is 1. The summed E-state index contributed by atoms with van der Waals surface area (Å²) in [7, 11) is 0. The van der Waals surface area contributed by atoms with Gasteiger partial charge in [0, 0.05) is 28.7 Å². The highest BCUT2D eigenvalue weighted by Gasteiger charge is 2.13. The molecule has 3 rings (SSSR count). The minimum absolute atomic E-state index is 0.179. The highest BCUT2D eigenvalue weighted by Crippen LogP contribution is 2.14. The molecule has 2 heterocycles. The third-order valence-electron chi connectivity index (χ3n) is 3.18. The topological polar surface area (TPSA) is 44.9 Å². The third-order valence-corrected chi connectivity index (χ3v) is 3.18. The van der Waals surface area contributed by atoms with E-state index in [-0.39, 0.29) is 5.43 Å². The Kier molecular flexibility index (Phi) is 2.26. The van der Waals surface area contributed by atoms with Gasteiger partial charge in [-0.05, 0) is 31.5 Å². The molecule has 0 aliphatic carbocycles. The van der Waals surface area contributed by atoms with Gasteiger partial charge < -0.3 is 10.3 Å². The van der Waals surface area contributed by atoms with Crippen LogP contribution in [0.2, 0.25) is 0 Å². The Balaban J connectivity index is 2.34. The zero-order valence-corrected chi connectivity index (χ0v) is 9.05. The third kappa shape index (κ3) is 1.44. The van der Waals surface area contributed by atoms with E-state index in [4.69, 9.17) is 0 Å². The van der Waals surface area contributed by atoms with Crippen LogP contribution in [-0.2, 0) is 13.0 Å². The van der Waals surface area contributed by atoms with Crippen LogP contribution in [0.1, 0.15) is 17.7 Å². The van der Waals surface area contributed by atoms with Gasteiger partial charge in [0.05, 0.1) is 0 Å². The number of hydrogen-bond donors (Lipinski definition) is 2. The number of fused-ring (bicyclic) bond motifs is 2. The number of benzene rings is 1. The molecule has 3 nitrogen and oxygen atoms in total. The number of aromatic nitrogens is 1. The molecule has 2 N–H and O–H groups in total. The Bertz CT molecular complexity index is 586. The lowest BCUT2D eigenvalue weighted by molar-refractivity contribution is 0.679. The van der Waals surface area contributed by atoms with E-state index in [1.54, 1.807) is 0 Å². The van der Waals surface area contributed by atoms with E-state index < -0.39 is 0 Å². The van der Waals surface area contributed by atoms with Gasteiger partial charge in [-0.3, -0.25) is 4.79 Å². The summed E-state index contributed by atoms with van der Waals surface area (Å²) in [5.74, 6) is 0. The summed E-state index contributed by atoms with van der Waals surface area (Å²) in [6, 6.07) is 7.72. The van der Waals surface area contributed by atoms with E-state index in [2.05, 4.69) is 10.3 Å². The van der Waals surface area contributed by atoms with Crippen LogP contribution in [0.5, 0.6) is 0 Å². The average Bonchev–Trinajstić information content (AvgIpc) is 2.55. The van der Waals surface area contributed by atoms with Crippen molar-refractivity contribution in [1.29, 1.82) is 0 Å². The number of pyridine rings is 1. The lowest BCUT2D eigenvalue weighted by Gasteiger charge is -2.07. The number of H-pyrrole nitrogens is 1. The molecule has 0 saturated carbocycles. The van der Waals surface area contributed by atoms with Gasteiger partial charge in [0.15, 0.2) is 5.43 Å². The second-order valence-corrected chi connectivity index (χ2v) is 4.24. The van der Waals surface area contributed by atoms with Crippen LogP contribution >= 0.6 is 0 Å². The van der Waals surface area contributed by atoms with Gasteiger partial charge in [0.2, 0.25) is 0 Å². The molecule has 0 spiro atoms. The summed E-state index contributed by atoms with van der Waals surface area (Å²) in [5, 5.41) is 4.09. The van der Waals surface area contributed by atoms with E-state index in [9.17, 15) is 4.79 Å². The van der Waals surface area contributed by atoms with Crippen LogP contribution in [-0.4, -0.2) is 11.5 Å². The van der Waals surface area contributed by atoms with Gasteiger partial charge in [0.1, 0.15) is 0 Å². The molecule has 0 atom stereocenters. The van der Waals surface area contributed by atoms with Crippen LogP contribution in [0.4, 0.5) is 0 Å². The smallest absolute Gasteiger partial charge is 0.194 e. The number of nitrogens with one attached hydrogen (secondary N) is 2. The SMILES string of the molecule is O=c1c2c([nH]c3ccccc13)CCCNC2. The molecule has 1 aliphatic rings. The monoisotopic (exact) mass is 214 g/mol.